The first-order valence-electron chi connectivity index (χ1n) is 7.92. The van der Waals surface area contributed by atoms with Gasteiger partial charge in [-0.15, -0.1) is 0 Å². The summed E-state index contributed by atoms with van der Waals surface area (Å²) in [5.74, 6) is 0.915. The first-order chi connectivity index (χ1) is 10.9. The Balaban J connectivity index is 2.29. The smallest absolute Gasteiger partial charge is 0.190 e. The summed E-state index contributed by atoms with van der Waals surface area (Å²) in [7, 11) is 0. The Bertz CT molecular complexity index is 720. The highest BCUT2D eigenvalue weighted by Gasteiger charge is 2.12. The molecule has 2 rings (SSSR count). The average molecular weight is 328 g/mol. The summed E-state index contributed by atoms with van der Waals surface area (Å²) < 4.78 is 6.10. The molecular formula is C20H24O2S. The largest absolute Gasteiger partial charge is 0.489 e. The molecule has 0 heterocycles. The fraction of sp³-hybridized carbons (Fsp3) is 0.350. The van der Waals surface area contributed by atoms with Crippen LogP contribution in [0.5, 0.6) is 5.75 Å². The molecule has 0 unspecified atom stereocenters. The molecule has 0 aliphatic rings. The first-order valence-corrected chi connectivity index (χ1v) is 8.73. The van der Waals surface area contributed by atoms with Crippen molar-refractivity contribution in [2.24, 2.45) is 0 Å². The maximum atomic E-state index is 11.5. The van der Waals surface area contributed by atoms with Crippen molar-refractivity contribution in [3.63, 3.8) is 0 Å². The van der Waals surface area contributed by atoms with E-state index in [0.717, 1.165) is 28.2 Å². The molecule has 0 aliphatic carbocycles. The van der Waals surface area contributed by atoms with Crippen LogP contribution in [0.3, 0.4) is 0 Å². The zero-order valence-corrected chi connectivity index (χ0v) is 15.3. The Morgan fingerprint density at radius 1 is 1.09 bits per heavy atom. The third-order valence-corrected chi connectivity index (χ3v) is 4.92. The van der Waals surface area contributed by atoms with E-state index in [4.69, 9.17) is 4.74 Å². The van der Waals surface area contributed by atoms with Crippen LogP contribution in [0.25, 0.3) is 0 Å². The van der Waals surface area contributed by atoms with Gasteiger partial charge in [-0.2, -0.15) is 0 Å². The monoisotopic (exact) mass is 328 g/mol. The highest BCUT2D eigenvalue weighted by Crippen LogP contribution is 2.29. The number of hydrogen-bond donors (Lipinski definition) is 0. The van der Waals surface area contributed by atoms with Crippen LogP contribution in [0.1, 0.15) is 41.7 Å². The summed E-state index contributed by atoms with van der Waals surface area (Å²) in [6.07, 6.45) is 0.927. The molecule has 23 heavy (non-hydrogen) atoms. The predicted molar refractivity (Wildman–Crippen MR) is 97.3 cm³/mol. The molecular weight excluding hydrogens is 304 g/mol. The van der Waals surface area contributed by atoms with Crippen molar-refractivity contribution in [1.82, 2.24) is 0 Å². The third kappa shape index (κ3) is 4.38. The van der Waals surface area contributed by atoms with Gasteiger partial charge in [0.2, 0.25) is 0 Å². The highest BCUT2D eigenvalue weighted by atomic mass is 32.2. The van der Waals surface area contributed by atoms with Gasteiger partial charge in [-0.05, 0) is 61.6 Å². The Kier molecular flexibility index (Phi) is 5.89. The lowest BCUT2D eigenvalue weighted by Crippen LogP contribution is -2.04. The number of hydrogen-bond acceptors (Lipinski definition) is 3. The maximum absolute atomic E-state index is 11.5. The van der Waals surface area contributed by atoms with Gasteiger partial charge in [0, 0.05) is 17.4 Å². The second-order valence-electron chi connectivity index (χ2n) is 5.83. The number of carbonyl (C=O) groups is 1. The molecule has 0 aliphatic heterocycles. The van der Waals surface area contributed by atoms with Crippen LogP contribution >= 0.6 is 11.8 Å². The maximum Gasteiger partial charge on any atom is 0.190 e. The third-order valence-electron chi connectivity index (χ3n) is 4.03. The zero-order valence-electron chi connectivity index (χ0n) is 14.5. The minimum absolute atomic E-state index is 0.0989. The molecule has 0 radical (unpaired) electrons. The number of aryl methyl sites for hydroxylation is 4. The quantitative estimate of drug-likeness (QED) is 0.688. The SMILES string of the molecule is CCc1cccc(SC(C)=O)c1COc1cc(C)c(C)cc1C. The van der Waals surface area contributed by atoms with Crippen molar-refractivity contribution in [3.05, 3.63) is 58.1 Å². The van der Waals surface area contributed by atoms with E-state index in [-0.39, 0.29) is 5.12 Å². The van der Waals surface area contributed by atoms with Gasteiger partial charge in [-0.3, -0.25) is 4.79 Å². The van der Waals surface area contributed by atoms with Gasteiger partial charge >= 0.3 is 0 Å². The molecule has 2 nitrogen and oxygen atoms in total. The van der Waals surface area contributed by atoms with Crippen LogP contribution in [-0.4, -0.2) is 5.12 Å². The van der Waals surface area contributed by atoms with Gasteiger partial charge in [-0.25, -0.2) is 0 Å². The summed E-state index contributed by atoms with van der Waals surface area (Å²) >= 11 is 1.28. The molecule has 0 N–H and O–H groups in total. The fourth-order valence-corrected chi connectivity index (χ4v) is 3.37. The summed E-state index contributed by atoms with van der Waals surface area (Å²) in [4.78, 5) is 12.5. The second-order valence-corrected chi connectivity index (χ2v) is 7.05. The van der Waals surface area contributed by atoms with Crippen molar-refractivity contribution in [3.8, 4) is 5.75 Å². The molecule has 0 saturated heterocycles. The predicted octanol–water partition coefficient (Wildman–Crippen LogP) is 5.39. The van der Waals surface area contributed by atoms with Crippen LogP contribution in [0.4, 0.5) is 0 Å². The van der Waals surface area contributed by atoms with E-state index in [1.165, 1.54) is 28.5 Å². The van der Waals surface area contributed by atoms with Crippen molar-refractivity contribution in [1.29, 1.82) is 0 Å². The van der Waals surface area contributed by atoms with Crippen molar-refractivity contribution in [2.75, 3.05) is 0 Å². The Hall–Kier alpha value is -1.74. The van der Waals surface area contributed by atoms with Gasteiger partial charge in [0.15, 0.2) is 5.12 Å². The molecule has 0 saturated carbocycles. The van der Waals surface area contributed by atoms with Gasteiger partial charge in [-0.1, -0.05) is 36.9 Å². The lowest BCUT2D eigenvalue weighted by atomic mass is 10.0. The number of benzene rings is 2. The van der Waals surface area contributed by atoms with Gasteiger partial charge in [0.1, 0.15) is 12.4 Å². The molecule has 0 fully saturated rings. The normalized spacial score (nSPS) is 10.7. The molecule has 0 amide bonds. The summed E-state index contributed by atoms with van der Waals surface area (Å²) in [6, 6.07) is 10.4. The summed E-state index contributed by atoms with van der Waals surface area (Å²) in [5.41, 5.74) is 6.00. The number of ether oxygens (including phenoxy) is 1. The van der Waals surface area contributed by atoms with Crippen LogP contribution in [0.2, 0.25) is 0 Å². The van der Waals surface area contributed by atoms with Gasteiger partial charge in [0.05, 0.1) is 0 Å². The van der Waals surface area contributed by atoms with Crippen LogP contribution < -0.4 is 4.74 Å². The van der Waals surface area contributed by atoms with Crippen LogP contribution in [0, 0.1) is 20.8 Å². The standard InChI is InChI=1S/C20H24O2S/c1-6-17-8-7-9-20(23-16(5)21)18(17)12-22-19-11-14(3)13(2)10-15(19)4/h7-11H,6,12H2,1-5H3. The lowest BCUT2D eigenvalue weighted by Gasteiger charge is -2.16. The summed E-state index contributed by atoms with van der Waals surface area (Å²) in [6.45, 7) is 10.5. The van der Waals surface area contributed by atoms with Crippen molar-refractivity contribution in [2.45, 2.75) is 52.5 Å². The molecule has 2 aromatic carbocycles. The Labute approximate surface area is 143 Å². The first kappa shape index (κ1) is 17.6. The van der Waals surface area contributed by atoms with E-state index in [1.807, 2.05) is 12.1 Å². The number of carbonyl (C=O) groups excluding carboxylic acids is 1. The van der Waals surface area contributed by atoms with Crippen molar-refractivity contribution >= 4 is 16.9 Å². The molecule has 0 bridgehead atoms. The van der Waals surface area contributed by atoms with E-state index in [2.05, 4.69) is 45.9 Å². The van der Waals surface area contributed by atoms with E-state index in [1.54, 1.807) is 6.92 Å². The lowest BCUT2D eigenvalue weighted by molar-refractivity contribution is -0.109. The van der Waals surface area contributed by atoms with E-state index >= 15 is 0 Å². The molecule has 122 valence electrons. The molecule has 3 heteroatoms. The second kappa shape index (κ2) is 7.69. The van der Waals surface area contributed by atoms with E-state index < -0.39 is 0 Å². The van der Waals surface area contributed by atoms with E-state index in [0.29, 0.717) is 6.61 Å². The summed E-state index contributed by atoms with van der Waals surface area (Å²) in [5, 5.41) is 0.0989. The van der Waals surface area contributed by atoms with Crippen LogP contribution in [-0.2, 0) is 17.8 Å². The van der Waals surface area contributed by atoms with Gasteiger partial charge in [0.25, 0.3) is 0 Å². The number of thioether (sulfide) groups is 1. The highest BCUT2D eigenvalue weighted by molar-refractivity contribution is 8.13. The molecule has 0 spiro atoms. The average Bonchev–Trinajstić information content (AvgIpc) is 2.49. The molecule has 0 atom stereocenters. The molecule has 2 aromatic rings. The molecule has 0 aromatic heterocycles. The minimum atomic E-state index is 0.0989. The zero-order chi connectivity index (χ0) is 17.0. The Morgan fingerprint density at radius 2 is 1.78 bits per heavy atom. The topological polar surface area (TPSA) is 26.3 Å². The number of rotatable bonds is 5. The van der Waals surface area contributed by atoms with Crippen molar-refractivity contribution < 1.29 is 9.53 Å². The van der Waals surface area contributed by atoms with Gasteiger partial charge < -0.3 is 4.74 Å². The van der Waals surface area contributed by atoms with E-state index in [9.17, 15) is 4.79 Å². The fourth-order valence-electron chi connectivity index (χ4n) is 2.60. The minimum Gasteiger partial charge on any atom is -0.489 e. The Morgan fingerprint density at radius 3 is 2.43 bits per heavy atom. The van der Waals surface area contributed by atoms with Crippen LogP contribution in [0.15, 0.2) is 35.2 Å².